The van der Waals surface area contributed by atoms with Gasteiger partial charge in [0.2, 0.25) is 0 Å². The van der Waals surface area contributed by atoms with Crippen LogP contribution in [0.15, 0.2) is 18.3 Å². The van der Waals surface area contributed by atoms with E-state index < -0.39 is 21.8 Å². The number of aromatic nitrogens is 3. The van der Waals surface area contributed by atoms with Crippen LogP contribution in [-0.2, 0) is 12.6 Å². The number of nitrogens with zero attached hydrogens (tertiary/aromatic N) is 3. The van der Waals surface area contributed by atoms with Crippen molar-refractivity contribution in [2.24, 2.45) is 0 Å². The van der Waals surface area contributed by atoms with E-state index in [0.717, 1.165) is 10.7 Å². The van der Waals surface area contributed by atoms with Crippen LogP contribution in [0.2, 0.25) is 10.0 Å². The van der Waals surface area contributed by atoms with E-state index in [1.807, 2.05) is 0 Å². The Labute approximate surface area is 128 Å². The van der Waals surface area contributed by atoms with Crippen LogP contribution in [0.4, 0.5) is 13.2 Å². The van der Waals surface area contributed by atoms with Crippen molar-refractivity contribution >= 4 is 23.2 Å². The van der Waals surface area contributed by atoms with Gasteiger partial charge in [0.1, 0.15) is 0 Å². The second kappa shape index (κ2) is 6.21. The number of rotatable bonds is 4. The summed E-state index contributed by atoms with van der Waals surface area (Å²) in [5.41, 5.74) is -0.518. The van der Waals surface area contributed by atoms with E-state index in [1.165, 1.54) is 12.3 Å². The molecule has 21 heavy (non-hydrogen) atoms. The summed E-state index contributed by atoms with van der Waals surface area (Å²) in [4.78, 5) is 0. The Balaban J connectivity index is 2.43. The van der Waals surface area contributed by atoms with Crippen LogP contribution < -0.4 is 0 Å². The fourth-order valence-electron chi connectivity index (χ4n) is 1.77. The number of hydrogen-bond acceptors (Lipinski definition) is 3. The topological polar surface area (TPSA) is 50.9 Å². The van der Waals surface area contributed by atoms with Gasteiger partial charge in [-0.05, 0) is 25.0 Å². The van der Waals surface area contributed by atoms with Crippen molar-refractivity contribution < 1.29 is 18.3 Å². The maximum atomic E-state index is 12.9. The second-order valence-corrected chi connectivity index (χ2v) is 5.02. The van der Waals surface area contributed by atoms with Crippen molar-refractivity contribution in [3.05, 3.63) is 39.6 Å². The number of benzene rings is 1. The normalized spacial score (nSPS) is 11.9. The first kappa shape index (κ1) is 16.1. The van der Waals surface area contributed by atoms with E-state index in [4.69, 9.17) is 28.3 Å². The Bertz CT molecular complexity index is 643. The van der Waals surface area contributed by atoms with Gasteiger partial charge in [0, 0.05) is 6.61 Å². The van der Waals surface area contributed by atoms with Crippen LogP contribution in [0.5, 0.6) is 0 Å². The molecule has 0 saturated carbocycles. The summed E-state index contributed by atoms with van der Waals surface area (Å²) in [5, 5.41) is 15.3. The molecule has 1 N–H and O–H groups in total. The quantitative estimate of drug-likeness (QED) is 0.927. The zero-order chi connectivity index (χ0) is 15.6. The van der Waals surface area contributed by atoms with Crippen molar-refractivity contribution in [3.63, 3.8) is 0 Å². The van der Waals surface area contributed by atoms with E-state index in [9.17, 15) is 13.2 Å². The fourth-order valence-corrected chi connectivity index (χ4v) is 2.44. The lowest BCUT2D eigenvalue weighted by molar-refractivity contribution is -0.137. The molecule has 4 nitrogen and oxygen atoms in total. The van der Waals surface area contributed by atoms with E-state index in [1.54, 1.807) is 0 Å². The molecule has 0 radical (unpaired) electrons. The average molecular weight is 340 g/mol. The standard InChI is InChI=1S/C12H10Cl2F3N3O/c13-8-3-4-9(11(14)10(8)12(15,16)17)20-6-7(18-19-20)2-1-5-21/h3-4,6,21H,1-2,5H2. The van der Waals surface area contributed by atoms with Gasteiger partial charge in [0.05, 0.1) is 33.2 Å². The van der Waals surface area contributed by atoms with Crippen LogP contribution in [0, 0.1) is 0 Å². The maximum Gasteiger partial charge on any atom is 0.419 e. The van der Waals surface area contributed by atoms with Gasteiger partial charge in [0.15, 0.2) is 0 Å². The predicted octanol–water partition coefficient (Wildman–Crippen LogP) is 3.52. The van der Waals surface area contributed by atoms with Crippen LogP contribution in [0.25, 0.3) is 5.69 Å². The van der Waals surface area contributed by atoms with Crippen molar-refractivity contribution in [2.45, 2.75) is 19.0 Å². The molecule has 1 aromatic carbocycles. The van der Waals surface area contributed by atoms with Crippen molar-refractivity contribution in [1.82, 2.24) is 15.0 Å². The lowest BCUT2D eigenvalue weighted by Crippen LogP contribution is -2.09. The van der Waals surface area contributed by atoms with Gasteiger partial charge in [-0.25, -0.2) is 4.68 Å². The highest BCUT2D eigenvalue weighted by Crippen LogP contribution is 2.41. The van der Waals surface area contributed by atoms with Crippen LogP contribution in [0.1, 0.15) is 17.7 Å². The molecule has 0 spiro atoms. The molecule has 0 aliphatic carbocycles. The molecular formula is C12H10Cl2F3N3O. The van der Waals surface area contributed by atoms with Crippen molar-refractivity contribution in [3.8, 4) is 5.69 Å². The van der Waals surface area contributed by atoms with Crippen LogP contribution in [0.3, 0.4) is 0 Å². The van der Waals surface area contributed by atoms with Gasteiger partial charge in [-0.2, -0.15) is 13.2 Å². The first-order chi connectivity index (χ1) is 9.84. The predicted molar refractivity (Wildman–Crippen MR) is 71.8 cm³/mol. The third-order valence-electron chi connectivity index (χ3n) is 2.73. The molecular weight excluding hydrogens is 330 g/mol. The third-order valence-corrected chi connectivity index (χ3v) is 3.43. The Morgan fingerprint density at radius 2 is 1.95 bits per heavy atom. The Kier molecular flexibility index (Phi) is 4.75. The Morgan fingerprint density at radius 3 is 2.57 bits per heavy atom. The molecule has 0 saturated heterocycles. The number of aliphatic hydroxyl groups excluding tert-OH is 1. The molecule has 2 rings (SSSR count). The summed E-state index contributed by atoms with van der Waals surface area (Å²) in [6.07, 6.45) is -2.25. The number of hydrogen-bond donors (Lipinski definition) is 1. The van der Waals surface area contributed by atoms with Crippen molar-refractivity contribution in [2.75, 3.05) is 6.61 Å². The zero-order valence-electron chi connectivity index (χ0n) is 10.5. The first-order valence-corrected chi connectivity index (χ1v) is 6.68. The number of aryl methyl sites for hydroxylation is 1. The minimum Gasteiger partial charge on any atom is -0.396 e. The molecule has 0 amide bonds. The second-order valence-electron chi connectivity index (χ2n) is 4.23. The fraction of sp³-hybridized carbons (Fsp3) is 0.333. The Hall–Kier alpha value is -1.31. The smallest absolute Gasteiger partial charge is 0.396 e. The number of halogens is 5. The van der Waals surface area contributed by atoms with E-state index in [2.05, 4.69) is 10.3 Å². The highest BCUT2D eigenvalue weighted by atomic mass is 35.5. The molecule has 9 heteroatoms. The van der Waals surface area contributed by atoms with E-state index >= 15 is 0 Å². The molecule has 0 bridgehead atoms. The first-order valence-electron chi connectivity index (χ1n) is 5.92. The number of aliphatic hydroxyl groups is 1. The summed E-state index contributed by atoms with van der Waals surface area (Å²) in [5.74, 6) is 0. The molecule has 0 aliphatic rings. The molecule has 0 fully saturated rings. The van der Waals surface area contributed by atoms with Crippen molar-refractivity contribution in [1.29, 1.82) is 0 Å². The van der Waals surface area contributed by atoms with Crippen LogP contribution in [-0.4, -0.2) is 26.7 Å². The molecule has 114 valence electrons. The third kappa shape index (κ3) is 3.48. The average Bonchev–Trinajstić information content (AvgIpc) is 2.83. The highest BCUT2D eigenvalue weighted by Gasteiger charge is 2.37. The van der Waals surface area contributed by atoms with Crippen LogP contribution >= 0.6 is 23.2 Å². The summed E-state index contributed by atoms with van der Waals surface area (Å²) in [6, 6.07) is 2.45. The lowest BCUT2D eigenvalue weighted by atomic mass is 10.2. The minimum absolute atomic E-state index is 0.00716. The highest BCUT2D eigenvalue weighted by molar-refractivity contribution is 6.37. The SMILES string of the molecule is OCCCc1cn(-c2ccc(Cl)c(C(F)(F)F)c2Cl)nn1. The molecule has 0 aliphatic heterocycles. The largest absolute Gasteiger partial charge is 0.419 e. The molecule has 1 aromatic heterocycles. The minimum atomic E-state index is -4.66. The summed E-state index contributed by atoms with van der Waals surface area (Å²) >= 11 is 11.4. The van der Waals surface area contributed by atoms with Gasteiger partial charge in [-0.3, -0.25) is 0 Å². The number of alkyl halides is 3. The van der Waals surface area contributed by atoms with E-state index in [0.29, 0.717) is 18.5 Å². The molecule has 0 atom stereocenters. The summed E-state index contributed by atoms with van der Waals surface area (Å²) in [7, 11) is 0. The zero-order valence-corrected chi connectivity index (χ0v) is 12.0. The summed E-state index contributed by atoms with van der Waals surface area (Å²) < 4.78 is 40.0. The molecule has 1 heterocycles. The van der Waals surface area contributed by atoms with Gasteiger partial charge < -0.3 is 5.11 Å². The van der Waals surface area contributed by atoms with Gasteiger partial charge in [-0.15, -0.1) is 5.10 Å². The monoisotopic (exact) mass is 339 g/mol. The van der Waals surface area contributed by atoms with Gasteiger partial charge in [0.25, 0.3) is 0 Å². The molecule has 2 aromatic rings. The van der Waals surface area contributed by atoms with Gasteiger partial charge >= 0.3 is 6.18 Å². The van der Waals surface area contributed by atoms with Gasteiger partial charge in [-0.1, -0.05) is 28.4 Å². The Morgan fingerprint density at radius 1 is 1.24 bits per heavy atom. The van der Waals surface area contributed by atoms with E-state index in [-0.39, 0.29) is 12.3 Å². The lowest BCUT2D eigenvalue weighted by Gasteiger charge is -2.13. The summed E-state index contributed by atoms with van der Waals surface area (Å²) in [6.45, 7) is -0.00716. The maximum absolute atomic E-state index is 12.9. The molecule has 0 unspecified atom stereocenters.